The molecule has 0 aliphatic heterocycles. The van der Waals surface area contributed by atoms with E-state index in [1.165, 1.54) is 0 Å². The fraction of sp³-hybridized carbons (Fsp3) is 0.500. The number of guanidine groups is 1. The van der Waals surface area contributed by atoms with E-state index in [0.29, 0.717) is 18.2 Å². The van der Waals surface area contributed by atoms with Crippen molar-refractivity contribution >= 4 is 5.96 Å². The molecule has 0 bridgehead atoms. The maximum Gasteiger partial charge on any atom is 0.411 e. The Morgan fingerprint density at radius 3 is 2.40 bits per heavy atom. The summed E-state index contributed by atoms with van der Waals surface area (Å²) < 4.78 is 40.8. The minimum atomic E-state index is -4.29. The number of hydrogen-bond acceptors (Lipinski definition) is 2. The third-order valence-electron chi connectivity index (χ3n) is 3.67. The Labute approximate surface area is 146 Å². The lowest BCUT2D eigenvalue weighted by Gasteiger charge is -2.16. The lowest BCUT2D eigenvalue weighted by Crippen LogP contribution is -2.42. The largest absolute Gasteiger partial charge is 0.411 e. The van der Waals surface area contributed by atoms with Gasteiger partial charge in [-0.15, -0.1) is 0 Å². The van der Waals surface area contributed by atoms with Gasteiger partial charge in [0.2, 0.25) is 0 Å². The number of nitrogens with zero attached hydrogens (tertiary/aromatic N) is 1. The SMILES string of the molecule is CCNC(=NCc1ccc(COCC(F)(F)F)cc1)NC1CC=CC1. The zero-order chi connectivity index (χ0) is 18.1. The molecule has 0 aromatic heterocycles. The highest BCUT2D eigenvalue weighted by Gasteiger charge is 2.27. The average molecular weight is 355 g/mol. The summed E-state index contributed by atoms with van der Waals surface area (Å²) in [5.41, 5.74) is 1.69. The number of ether oxygens (including phenoxy) is 1. The van der Waals surface area contributed by atoms with Crippen LogP contribution >= 0.6 is 0 Å². The molecule has 1 aromatic carbocycles. The van der Waals surface area contributed by atoms with Gasteiger partial charge in [-0.25, -0.2) is 4.99 Å². The summed E-state index contributed by atoms with van der Waals surface area (Å²) in [6, 6.07) is 7.63. The first-order valence-corrected chi connectivity index (χ1v) is 8.38. The number of alkyl halides is 3. The zero-order valence-corrected chi connectivity index (χ0v) is 14.3. The maximum absolute atomic E-state index is 12.1. The number of benzene rings is 1. The molecular formula is C18H24F3N3O. The van der Waals surface area contributed by atoms with Gasteiger partial charge in [0.15, 0.2) is 5.96 Å². The van der Waals surface area contributed by atoms with Crippen LogP contribution < -0.4 is 10.6 Å². The van der Waals surface area contributed by atoms with E-state index in [-0.39, 0.29) is 6.61 Å². The fourth-order valence-corrected chi connectivity index (χ4v) is 2.44. The Kier molecular flexibility index (Phi) is 7.31. The average Bonchev–Trinajstić information content (AvgIpc) is 3.06. The Balaban J connectivity index is 1.83. The molecule has 0 saturated carbocycles. The minimum absolute atomic E-state index is 0.0536. The van der Waals surface area contributed by atoms with Gasteiger partial charge < -0.3 is 15.4 Å². The lowest BCUT2D eigenvalue weighted by atomic mass is 10.1. The number of hydrogen-bond donors (Lipinski definition) is 2. The van der Waals surface area contributed by atoms with Crippen LogP contribution in [0.4, 0.5) is 13.2 Å². The Bertz CT molecular complexity index is 574. The van der Waals surface area contributed by atoms with E-state index >= 15 is 0 Å². The Morgan fingerprint density at radius 1 is 1.16 bits per heavy atom. The van der Waals surface area contributed by atoms with Crippen LogP contribution in [0.5, 0.6) is 0 Å². The first kappa shape index (κ1) is 19.3. The highest BCUT2D eigenvalue weighted by atomic mass is 19.4. The summed E-state index contributed by atoms with van der Waals surface area (Å²) in [6.07, 6.45) is 2.01. The molecule has 7 heteroatoms. The second-order valence-electron chi connectivity index (χ2n) is 5.90. The van der Waals surface area contributed by atoms with Gasteiger partial charge in [-0.05, 0) is 30.9 Å². The molecule has 0 radical (unpaired) electrons. The summed E-state index contributed by atoms with van der Waals surface area (Å²) in [5, 5.41) is 6.61. The number of rotatable bonds is 7. The van der Waals surface area contributed by atoms with Crippen LogP contribution in [0, 0.1) is 0 Å². The number of aliphatic imine (C=N–C) groups is 1. The van der Waals surface area contributed by atoms with Gasteiger partial charge >= 0.3 is 6.18 Å². The topological polar surface area (TPSA) is 45.7 Å². The molecule has 2 N–H and O–H groups in total. The molecule has 2 rings (SSSR count). The molecule has 1 aliphatic rings. The molecule has 138 valence electrons. The summed E-state index contributed by atoms with van der Waals surface area (Å²) in [6.45, 7) is 2.01. The third kappa shape index (κ3) is 7.60. The van der Waals surface area contributed by atoms with E-state index in [9.17, 15) is 13.2 Å². The van der Waals surface area contributed by atoms with Crippen molar-refractivity contribution in [1.29, 1.82) is 0 Å². The lowest BCUT2D eigenvalue weighted by molar-refractivity contribution is -0.176. The van der Waals surface area contributed by atoms with Crippen LogP contribution in [0.3, 0.4) is 0 Å². The first-order valence-electron chi connectivity index (χ1n) is 8.38. The zero-order valence-electron chi connectivity index (χ0n) is 14.3. The van der Waals surface area contributed by atoms with Gasteiger partial charge in [0, 0.05) is 12.6 Å². The van der Waals surface area contributed by atoms with Crippen molar-refractivity contribution in [1.82, 2.24) is 10.6 Å². The van der Waals surface area contributed by atoms with Crippen molar-refractivity contribution in [2.45, 2.75) is 45.1 Å². The van der Waals surface area contributed by atoms with Crippen LogP contribution in [-0.4, -0.2) is 31.3 Å². The molecule has 0 unspecified atom stereocenters. The van der Waals surface area contributed by atoms with Crippen molar-refractivity contribution in [2.75, 3.05) is 13.2 Å². The summed E-state index contributed by atoms with van der Waals surface area (Å²) in [4.78, 5) is 4.56. The molecule has 4 nitrogen and oxygen atoms in total. The Hall–Kier alpha value is -2.02. The Morgan fingerprint density at radius 2 is 1.80 bits per heavy atom. The molecule has 0 fully saturated rings. The van der Waals surface area contributed by atoms with Gasteiger partial charge in [0.25, 0.3) is 0 Å². The van der Waals surface area contributed by atoms with Crippen LogP contribution in [0.2, 0.25) is 0 Å². The smallest absolute Gasteiger partial charge is 0.367 e. The molecule has 0 spiro atoms. The molecule has 0 atom stereocenters. The van der Waals surface area contributed by atoms with Crippen molar-refractivity contribution in [3.8, 4) is 0 Å². The summed E-state index contributed by atoms with van der Waals surface area (Å²) >= 11 is 0. The summed E-state index contributed by atoms with van der Waals surface area (Å²) in [7, 11) is 0. The molecule has 1 aliphatic carbocycles. The van der Waals surface area contributed by atoms with Crippen molar-refractivity contribution < 1.29 is 17.9 Å². The number of halogens is 3. The van der Waals surface area contributed by atoms with Crippen LogP contribution in [0.15, 0.2) is 41.4 Å². The van der Waals surface area contributed by atoms with Gasteiger partial charge in [0.05, 0.1) is 13.2 Å². The molecular weight excluding hydrogens is 331 g/mol. The van der Waals surface area contributed by atoms with E-state index in [4.69, 9.17) is 0 Å². The second kappa shape index (κ2) is 9.46. The highest BCUT2D eigenvalue weighted by Crippen LogP contribution is 2.16. The first-order chi connectivity index (χ1) is 12.0. The van der Waals surface area contributed by atoms with Crippen LogP contribution in [0.25, 0.3) is 0 Å². The quantitative estimate of drug-likeness (QED) is 0.447. The molecule has 1 aromatic rings. The van der Waals surface area contributed by atoms with Gasteiger partial charge in [-0.2, -0.15) is 13.2 Å². The highest BCUT2D eigenvalue weighted by molar-refractivity contribution is 5.80. The van der Waals surface area contributed by atoms with E-state index in [1.54, 1.807) is 12.1 Å². The van der Waals surface area contributed by atoms with Crippen LogP contribution in [-0.2, 0) is 17.9 Å². The number of nitrogens with one attached hydrogen (secondary N) is 2. The third-order valence-corrected chi connectivity index (χ3v) is 3.67. The fourth-order valence-electron chi connectivity index (χ4n) is 2.44. The minimum Gasteiger partial charge on any atom is -0.367 e. The molecule has 0 heterocycles. The molecule has 25 heavy (non-hydrogen) atoms. The van der Waals surface area contributed by atoms with Crippen molar-refractivity contribution in [3.05, 3.63) is 47.5 Å². The molecule has 0 amide bonds. The van der Waals surface area contributed by atoms with E-state index in [1.807, 2.05) is 19.1 Å². The molecule has 0 saturated heterocycles. The van der Waals surface area contributed by atoms with Gasteiger partial charge in [-0.3, -0.25) is 0 Å². The van der Waals surface area contributed by atoms with Gasteiger partial charge in [-0.1, -0.05) is 36.4 Å². The predicted octanol–water partition coefficient (Wildman–Crippen LogP) is 3.54. The normalized spacial score (nSPS) is 15.6. The predicted molar refractivity (Wildman–Crippen MR) is 92.3 cm³/mol. The van der Waals surface area contributed by atoms with E-state index in [2.05, 4.69) is 32.5 Å². The van der Waals surface area contributed by atoms with Crippen LogP contribution in [0.1, 0.15) is 30.9 Å². The standard InChI is InChI=1S/C18H24F3N3O/c1-2-22-17(24-16-5-3-4-6-16)23-11-14-7-9-15(10-8-14)12-25-13-18(19,20)21/h3-4,7-10,16H,2,5-6,11-13H2,1H3,(H2,22,23,24). The van der Waals surface area contributed by atoms with Crippen molar-refractivity contribution in [2.24, 2.45) is 4.99 Å². The van der Waals surface area contributed by atoms with E-state index in [0.717, 1.165) is 30.9 Å². The monoisotopic (exact) mass is 355 g/mol. The van der Waals surface area contributed by atoms with E-state index < -0.39 is 12.8 Å². The maximum atomic E-state index is 12.1. The second-order valence-corrected chi connectivity index (χ2v) is 5.90. The summed E-state index contributed by atoms with van der Waals surface area (Å²) in [5.74, 6) is 0.772. The van der Waals surface area contributed by atoms with Crippen molar-refractivity contribution in [3.63, 3.8) is 0 Å². The van der Waals surface area contributed by atoms with Gasteiger partial charge in [0.1, 0.15) is 6.61 Å².